The lowest BCUT2D eigenvalue weighted by Crippen LogP contribution is -2.52. The molecular weight excluding hydrogens is 425 g/mol. The number of rotatable bonds is 4. The number of halogens is 1. The van der Waals surface area contributed by atoms with Crippen molar-refractivity contribution < 1.29 is 18.8 Å². The Kier molecular flexibility index (Phi) is 6.09. The summed E-state index contributed by atoms with van der Waals surface area (Å²) in [6.45, 7) is 7.27. The average molecular weight is 458 g/mol. The van der Waals surface area contributed by atoms with Crippen molar-refractivity contribution in [2.45, 2.75) is 38.3 Å². The number of hydrogen-bond donors (Lipinski definition) is 1. The number of benzene rings is 1. The molecule has 1 unspecified atom stereocenters. The predicted molar refractivity (Wildman–Crippen MR) is 121 cm³/mol. The van der Waals surface area contributed by atoms with E-state index in [9.17, 15) is 14.4 Å². The van der Waals surface area contributed by atoms with Crippen LogP contribution in [0.5, 0.6) is 0 Å². The Balaban J connectivity index is 1.23. The van der Waals surface area contributed by atoms with Crippen LogP contribution in [0.2, 0.25) is 0 Å². The highest BCUT2D eigenvalue weighted by atomic mass is 19.1. The molecule has 1 aromatic carbocycles. The minimum atomic E-state index is -0.726. The van der Waals surface area contributed by atoms with E-state index in [-0.39, 0.29) is 37.0 Å². The minimum absolute atomic E-state index is 0.0694. The first kappa shape index (κ1) is 22.3. The van der Waals surface area contributed by atoms with Crippen LogP contribution >= 0.6 is 0 Å². The lowest BCUT2D eigenvalue weighted by atomic mass is 9.95. The predicted octanol–water partition coefficient (Wildman–Crippen LogP) is 1.05. The van der Waals surface area contributed by atoms with E-state index >= 15 is 4.39 Å². The zero-order chi connectivity index (χ0) is 23.1. The van der Waals surface area contributed by atoms with Crippen molar-refractivity contribution in [2.75, 3.05) is 57.8 Å². The second-order valence-corrected chi connectivity index (χ2v) is 9.86. The lowest BCUT2D eigenvalue weighted by molar-refractivity contribution is -0.136. The quantitative estimate of drug-likeness (QED) is 0.682. The van der Waals surface area contributed by atoms with Gasteiger partial charge in [0, 0.05) is 63.4 Å². The summed E-state index contributed by atoms with van der Waals surface area (Å²) in [6, 6.07) is 2.68. The first-order valence-electron chi connectivity index (χ1n) is 12.0. The van der Waals surface area contributed by atoms with Gasteiger partial charge in [0.05, 0.1) is 12.2 Å². The zero-order valence-corrected chi connectivity index (χ0v) is 19.2. The van der Waals surface area contributed by atoms with Crippen molar-refractivity contribution >= 4 is 23.4 Å². The molecule has 1 aromatic rings. The fraction of sp³-hybridized carbons (Fsp3) is 0.625. The van der Waals surface area contributed by atoms with Crippen LogP contribution in [0.1, 0.15) is 41.6 Å². The van der Waals surface area contributed by atoms with E-state index in [4.69, 9.17) is 0 Å². The van der Waals surface area contributed by atoms with E-state index < -0.39 is 11.9 Å². The molecule has 0 aromatic heterocycles. The highest BCUT2D eigenvalue weighted by Gasteiger charge is 2.41. The molecule has 33 heavy (non-hydrogen) atoms. The molecule has 1 N–H and O–H groups in total. The molecule has 8 nitrogen and oxygen atoms in total. The number of fused-ring (bicyclic) bond motifs is 1. The summed E-state index contributed by atoms with van der Waals surface area (Å²) in [6.07, 6.45) is 2.53. The van der Waals surface area contributed by atoms with Crippen LogP contribution in [0.3, 0.4) is 0 Å². The summed E-state index contributed by atoms with van der Waals surface area (Å²) in [5.74, 6) is -0.865. The summed E-state index contributed by atoms with van der Waals surface area (Å²) >= 11 is 0. The van der Waals surface area contributed by atoms with E-state index in [0.29, 0.717) is 22.7 Å². The number of nitrogens with one attached hydrogen (secondary N) is 1. The standard InChI is InChI=1S/C24H32FN5O3/c1-27-10-12-28(13-11-27)14-16-6-8-29(9-7-16)19-3-2-17-18(22(19)25)15-30(24(17)33)20-4-5-21(31)26-23(20)32/h2-3,16,20H,4-15H2,1H3,(H,26,31,32). The maximum atomic E-state index is 15.5. The third-order valence-electron chi connectivity index (χ3n) is 7.70. The SMILES string of the molecule is CN1CCN(CC2CCN(c3ccc4c(c3F)CN(C3CCC(=O)NC3=O)C4=O)CC2)CC1. The Bertz CT molecular complexity index is 954. The van der Waals surface area contributed by atoms with Gasteiger partial charge in [0.1, 0.15) is 6.04 Å². The molecule has 0 saturated carbocycles. The number of piperazine rings is 1. The number of anilines is 1. The lowest BCUT2D eigenvalue weighted by Gasteiger charge is -2.38. The number of nitrogens with zero attached hydrogens (tertiary/aromatic N) is 4. The van der Waals surface area contributed by atoms with Crippen LogP contribution in [-0.2, 0) is 16.1 Å². The molecule has 0 radical (unpaired) electrons. The van der Waals surface area contributed by atoms with Gasteiger partial charge in [-0.3, -0.25) is 19.7 Å². The molecule has 3 amide bonds. The molecule has 178 valence electrons. The van der Waals surface area contributed by atoms with Gasteiger partial charge in [-0.15, -0.1) is 0 Å². The Labute approximate surface area is 193 Å². The van der Waals surface area contributed by atoms with Gasteiger partial charge in [0.2, 0.25) is 11.8 Å². The van der Waals surface area contributed by atoms with Crippen molar-refractivity contribution in [1.29, 1.82) is 0 Å². The zero-order valence-electron chi connectivity index (χ0n) is 19.2. The van der Waals surface area contributed by atoms with E-state index in [1.807, 2.05) is 0 Å². The van der Waals surface area contributed by atoms with E-state index in [0.717, 1.165) is 58.7 Å². The van der Waals surface area contributed by atoms with Crippen molar-refractivity contribution in [1.82, 2.24) is 20.0 Å². The number of amides is 3. The molecule has 4 heterocycles. The molecule has 0 aliphatic carbocycles. The first-order valence-corrected chi connectivity index (χ1v) is 12.0. The van der Waals surface area contributed by atoms with Crippen LogP contribution in [-0.4, -0.2) is 91.3 Å². The number of carbonyl (C=O) groups is 3. The van der Waals surface area contributed by atoms with Crippen molar-refractivity contribution in [3.05, 3.63) is 29.1 Å². The Morgan fingerprint density at radius 3 is 2.42 bits per heavy atom. The fourth-order valence-corrected chi connectivity index (χ4v) is 5.59. The largest absolute Gasteiger partial charge is 0.369 e. The fourth-order valence-electron chi connectivity index (χ4n) is 5.59. The average Bonchev–Trinajstić information content (AvgIpc) is 3.13. The minimum Gasteiger partial charge on any atom is -0.369 e. The molecule has 9 heteroatoms. The van der Waals surface area contributed by atoms with Crippen LogP contribution in [0.25, 0.3) is 0 Å². The highest BCUT2D eigenvalue weighted by Crippen LogP contribution is 2.35. The Hall–Kier alpha value is -2.52. The molecule has 5 rings (SSSR count). The maximum Gasteiger partial charge on any atom is 0.255 e. The van der Waals surface area contributed by atoms with E-state index in [1.165, 1.54) is 4.90 Å². The Morgan fingerprint density at radius 1 is 1.00 bits per heavy atom. The van der Waals surface area contributed by atoms with Crippen LogP contribution in [0.4, 0.5) is 10.1 Å². The molecular formula is C24H32FN5O3. The normalized spacial score (nSPS) is 25.5. The van der Waals surface area contributed by atoms with Crippen LogP contribution < -0.4 is 10.2 Å². The molecule has 3 fully saturated rings. The summed E-state index contributed by atoms with van der Waals surface area (Å²) < 4.78 is 15.5. The number of likely N-dealkylation sites (N-methyl/N-ethyl adjacent to an activating group) is 1. The van der Waals surface area contributed by atoms with E-state index in [1.54, 1.807) is 12.1 Å². The summed E-state index contributed by atoms with van der Waals surface area (Å²) in [4.78, 5) is 45.0. The van der Waals surface area contributed by atoms with Gasteiger partial charge in [-0.25, -0.2) is 4.39 Å². The number of piperidine rings is 2. The van der Waals surface area contributed by atoms with Crippen molar-refractivity contribution in [3.8, 4) is 0 Å². The summed E-state index contributed by atoms with van der Waals surface area (Å²) in [5.41, 5.74) is 1.23. The monoisotopic (exact) mass is 457 g/mol. The van der Waals surface area contributed by atoms with Gasteiger partial charge >= 0.3 is 0 Å². The smallest absolute Gasteiger partial charge is 0.255 e. The molecule has 0 bridgehead atoms. The first-order chi connectivity index (χ1) is 15.9. The number of hydrogen-bond acceptors (Lipinski definition) is 6. The second-order valence-electron chi connectivity index (χ2n) is 9.86. The third kappa shape index (κ3) is 4.36. The van der Waals surface area contributed by atoms with E-state index in [2.05, 4.69) is 27.1 Å². The van der Waals surface area contributed by atoms with Gasteiger partial charge in [0.15, 0.2) is 5.82 Å². The van der Waals surface area contributed by atoms with Gasteiger partial charge < -0.3 is 19.6 Å². The van der Waals surface area contributed by atoms with Crippen molar-refractivity contribution in [3.63, 3.8) is 0 Å². The molecule has 3 saturated heterocycles. The topological polar surface area (TPSA) is 76.2 Å². The Morgan fingerprint density at radius 2 is 1.73 bits per heavy atom. The number of imide groups is 1. The summed E-state index contributed by atoms with van der Waals surface area (Å²) in [7, 11) is 2.17. The number of carbonyl (C=O) groups excluding carboxylic acids is 3. The molecule has 0 spiro atoms. The van der Waals surface area contributed by atoms with Gasteiger partial charge in [-0.2, -0.15) is 0 Å². The van der Waals surface area contributed by atoms with Crippen molar-refractivity contribution in [2.24, 2.45) is 5.92 Å². The molecule has 4 aliphatic heterocycles. The summed E-state index contributed by atoms with van der Waals surface area (Å²) in [5, 5.41) is 2.29. The highest BCUT2D eigenvalue weighted by molar-refractivity contribution is 6.05. The third-order valence-corrected chi connectivity index (χ3v) is 7.70. The molecule has 1 atom stereocenters. The van der Waals surface area contributed by atoms with Gasteiger partial charge in [0.25, 0.3) is 5.91 Å². The van der Waals surface area contributed by atoms with Crippen LogP contribution in [0.15, 0.2) is 12.1 Å². The second kappa shape index (κ2) is 9.02. The molecule has 4 aliphatic rings. The van der Waals surface area contributed by atoms with Crippen LogP contribution in [0, 0.1) is 11.7 Å². The van der Waals surface area contributed by atoms with Gasteiger partial charge in [-0.05, 0) is 44.4 Å². The maximum absolute atomic E-state index is 15.5. The van der Waals surface area contributed by atoms with Gasteiger partial charge in [-0.1, -0.05) is 0 Å².